The first-order valence-corrected chi connectivity index (χ1v) is 11.5. The van der Waals surface area contributed by atoms with E-state index in [-0.39, 0.29) is 5.91 Å². The largest absolute Gasteiger partial charge is 0.297 e. The lowest BCUT2D eigenvalue weighted by Crippen LogP contribution is -2.41. The Labute approximate surface area is 164 Å². The number of hydrogen-bond acceptors (Lipinski definition) is 1. The summed E-state index contributed by atoms with van der Waals surface area (Å²) in [5.41, 5.74) is 0.522. The van der Waals surface area contributed by atoms with Crippen molar-refractivity contribution in [2.45, 2.75) is 41.5 Å². The first kappa shape index (κ1) is 23.6. The highest BCUT2D eigenvalue weighted by Crippen LogP contribution is 2.59. The molecule has 1 aromatic carbocycles. The number of carbonyl (C=O) groups is 1. The van der Waals surface area contributed by atoms with Crippen LogP contribution in [0.25, 0.3) is 0 Å². The van der Waals surface area contributed by atoms with Crippen LogP contribution in [0.15, 0.2) is 45.5 Å². The van der Waals surface area contributed by atoms with Crippen LogP contribution in [-0.2, 0) is 0 Å². The lowest BCUT2D eigenvalue weighted by atomic mass is 10.2. The van der Waals surface area contributed by atoms with Crippen molar-refractivity contribution in [3.63, 3.8) is 0 Å². The van der Waals surface area contributed by atoms with Crippen molar-refractivity contribution in [1.82, 2.24) is 14.0 Å². The van der Waals surface area contributed by atoms with Crippen molar-refractivity contribution in [1.29, 1.82) is 0 Å². The summed E-state index contributed by atoms with van der Waals surface area (Å²) in [5.74, 6) is -0.365. The zero-order valence-corrected chi connectivity index (χ0v) is 18.6. The Balaban J connectivity index is 3.46. The zero-order chi connectivity index (χ0) is 20.3. The van der Waals surface area contributed by atoms with E-state index in [9.17, 15) is 4.79 Å². The van der Waals surface area contributed by atoms with Crippen LogP contribution < -0.4 is 0 Å². The molecule has 0 aliphatic carbocycles. The highest BCUT2D eigenvalue weighted by molar-refractivity contribution is 7.59. The van der Waals surface area contributed by atoms with Gasteiger partial charge in [-0.3, -0.25) is 4.79 Å². The molecule has 1 aromatic rings. The minimum Gasteiger partial charge on any atom is -0.265 e. The van der Waals surface area contributed by atoms with Gasteiger partial charge in [-0.05, 0) is 17.4 Å². The van der Waals surface area contributed by atoms with Crippen LogP contribution in [0, 0.1) is 0 Å². The van der Waals surface area contributed by atoms with E-state index < -0.39 is 7.51 Å². The Morgan fingerprint density at radius 3 is 1.56 bits per heavy atom. The second-order valence-corrected chi connectivity index (χ2v) is 8.85. The number of carbonyl (C=O) groups excluding carboxylic acids is 1. The third kappa shape index (κ3) is 5.55. The molecule has 1 amide bonds. The van der Waals surface area contributed by atoms with Gasteiger partial charge in [-0.2, -0.15) is 0 Å². The van der Waals surface area contributed by atoms with Gasteiger partial charge >= 0.3 is 0 Å². The highest BCUT2D eigenvalue weighted by atomic mass is 31.2. The summed E-state index contributed by atoms with van der Waals surface area (Å²) in [7, 11) is -2.26. The van der Waals surface area contributed by atoms with E-state index in [0.717, 1.165) is 39.3 Å². The van der Waals surface area contributed by atoms with Crippen molar-refractivity contribution in [3.8, 4) is 0 Å². The van der Waals surface area contributed by atoms with Gasteiger partial charge in [0.15, 0.2) is 7.51 Å². The summed E-state index contributed by atoms with van der Waals surface area (Å²) in [4.78, 5) is 17.1. The summed E-state index contributed by atoms with van der Waals surface area (Å²) >= 11 is 0. The summed E-state index contributed by atoms with van der Waals surface area (Å²) in [6.07, 6.45) is 0. The van der Waals surface area contributed by atoms with Crippen molar-refractivity contribution in [3.05, 3.63) is 35.9 Å². The highest BCUT2D eigenvalue weighted by Gasteiger charge is 2.37. The standard InChI is InChI=1S/C19H35N6OP/c1-7-23(8-2)27(24(9-3)10-4,25(11-5)12-6)22-21-20-19(26)18-16-14-13-15-17-18/h13-17H,7-12H2,1-6H3. The van der Waals surface area contributed by atoms with Gasteiger partial charge < -0.3 is 0 Å². The van der Waals surface area contributed by atoms with Crippen LogP contribution in [0.1, 0.15) is 51.9 Å². The molecule has 0 radical (unpaired) electrons. The number of nitrogens with zero attached hydrogens (tertiary/aromatic N) is 6. The van der Waals surface area contributed by atoms with Gasteiger partial charge in [0.25, 0.3) is 5.91 Å². The average Bonchev–Trinajstić information content (AvgIpc) is 2.71. The van der Waals surface area contributed by atoms with E-state index in [0.29, 0.717) is 5.56 Å². The van der Waals surface area contributed by atoms with E-state index in [4.69, 9.17) is 4.85 Å². The topological polar surface area (TPSA) is 63.9 Å². The molecule has 8 heteroatoms. The minimum atomic E-state index is -2.26. The van der Waals surface area contributed by atoms with Gasteiger partial charge in [-0.1, -0.05) is 64.9 Å². The lowest BCUT2D eigenvalue weighted by molar-refractivity contribution is 0.0993. The summed E-state index contributed by atoms with van der Waals surface area (Å²) in [5, 5.41) is 7.99. The van der Waals surface area contributed by atoms with E-state index >= 15 is 0 Å². The Kier molecular flexibility index (Phi) is 10.6. The minimum absolute atomic E-state index is 0.365. The molecule has 0 atom stereocenters. The molecule has 7 nitrogen and oxygen atoms in total. The summed E-state index contributed by atoms with van der Waals surface area (Å²) in [6, 6.07) is 8.99. The molecule has 0 unspecified atom stereocenters. The average molecular weight is 395 g/mol. The lowest BCUT2D eigenvalue weighted by Gasteiger charge is -2.47. The summed E-state index contributed by atoms with van der Waals surface area (Å²) < 4.78 is 7.12. The van der Waals surface area contributed by atoms with Crippen LogP contribution in [0.5, 0.6) is 0 Å². The van der Waals surface area contributed by atoms with Crippen molar-refractivity contribution in [2.75, 3.05) is 39.3 Å². The Morgan fingerprint density at radius 1 is 0.778 bits per heavy atom. The molecular weight excluding hydrogens is 359 g/mol. The molecule has 0 saturated carbocycles. The zero-order valence-electron chi connectivity index (χ0n) is 17.7. The van der Waals surface area contributed by atoms with E-state index in [1.807, 2.05) is 18.2 Å². The van der Waals surface area contributed by atoms with Gasteiger partial charge in [-0.15, -0.1) is 4.85 Å². The SMILES string of the molecule is CCN(CC)P(=NN=NC(=O)c1ccccc1)(N(CC)CC)N(CC)CC. The predicted molar refractivity (Wildman–Crippen MR) is 114 cm³/mol. The first-order chi connectivity index (χ1) is 13.0. The monoisotopic (exact) mass is 394 g/mol. The Bertz CT molecular complexity index is 599. The van der Waals surface area contributed by atoms with E-state index in [2.05, 4.69) is 65.9 Å². The molecule has 27 heavy (non-hydrogen) atoms. The third-order valence-electron chi connectivity index (χ3n) is 4.64. The van der Waals surface area contributed by atoms with Crippen molar-refractivity contribution in [2.24, 2.45) is 15.2 Å². The van der Waals surface area contributed by atoms with Crippen LogP contribution in [-0.4, -0.2) is 59.2 Å². The fourth-order valence-corrected chi connectivity index (χ4v) is 7.11. The number of hydrogen-bond donors (Lipinski definition) is 0. The number of amides is 1. The molecular formula is C19H35N6OP. The van der Waals surface area contributed by atoms with Crippen LogP contribution in [0.4, 0.5) is 0 Å². The fraction of sp³-hybridized carbons (Fsp3) is 0.632. The molecule has 0 aromatic heterocycles. The van der Waals surface area contributed by atoms with Crippen molar-refractivity contribution >= 4 is 13.4 Å². The Hall–Kier alpha value is -1.40. The van der Waals surface area contributed by atoms with Crippen LogP contribution in [0.2, 0.25) is 0 Å². The maximum absolute atomic E-state index is 12.3. The molecule has 0 aliphatic heterocycles. The molecule has 0 heterocycles. The molecule has 0 spiro atoms. The Morgan fingerprint density at radius 2 is 1.19 bits per heavy atom. The third-order valence-corrected chi connectivity index (χ3v) is 8.94. The van der Waals surface area contributed by atoms with Crippen molar-refractivity contribution < 1.29 is 4.79 Å². The molecule has 152 valence electrons. The second kappa shape index (κ2) is 12.1. The smallest absolute Gasteiger partial charge is 0.265 e. The van der Waals surface area contributed by atoms with E-state index in [1.54, 1.807) is 12.1 Å². The molecule has 0 bridgehead atoms. The maximum Gasteiger partial charge on any atom is 0.297 e. The van der Waals surface area contributed by atoms with Gasteiger partial charge in [0.05, 0.1) is 0 Å². The molecule has 1 rings (SSSR count). The first-order valence-electron chi connectivity index (χ1n) is 9.93. The van der Waals surface area contributed by atoms with E-state index in [1.165, 1.54) is 0 Å². The molecule has 0 aliphatic rings. The predicted octanol–water partition coefficient (Wildman–Crippen LogP) is 5.17. The van der Waals surface area contributed by atoms with Gasteiger partial charge in [0.1, 0.15) is 0 Å². The molecule has 0 saturated heterocycles. The molecule has 0 N–H and O–H groups in total. The van der Waals surface area contributed by atoms with Gasteiger partial charge in [0, 0.05) is 44.8 Å². The number of benzene rings is 1. The van der Waals surface area contributed by atoms with Crippen LogP contribution >= 0.6 is 7.51 Å². The normalized spacial score (nSPS) is 12.5. The van der Waals surface area contributed by atoms with Gasteiger partial charge in [-0.25, -0.2) is 14.0 Å². The summed E-state index contributed by atoms with van der Waals surface area (Å²) in [6.45, 7) is 18.1. The van der Waals surface area contributed by atoms with Gasteiger partial charge in [0.2, 0.25) is 0 Å². The quantitative estimate of drug-likeness (QED) is 0.295. The molecule has 0 fully saturated rings. The van der Waals surface area contributed by atoms with Crippen LogP contribution in [0.3, 0.4) is 0 Å². The maximum atomic E-state index is 12.3. The number of rotatable bonds is 11. The fourth-order valence-electron chi connectivity index (χ4n) is 3.27. The second-order valence-electron chi connectivity index (χ2n) is 5.90.